The summed E-state index contributed by atoms with van der Waals surface area (Å²) in [6, 6.07) is 0. The lowest BCUT2D eigenvalue weighted by molar-refractivity contribution is 1.20. The molecule has 9 heavy (non-hydrogen) atoms. The molecule has 0 N–H and O–H groups in total. The van der Waals surface area contributed by atoms with Crippen molar-refractivity contribution in [3.63, 3.8) is 0 Å². The average Bonchev–Trinajstić information content (AvgIpc) is 1.82. The number of allylic oxidation sites excluding steroid dienone is 4. The van der Waals surface area contributed by atoms with E-state index in [1.807, 2.05) is 12.2 Å². The first kappa shape index (κ1) is 8.22. The molecule has 0 rings (SSSR count). The van der Waals surface area contributed by atoms with Gasteiger partial charge in [-0.3, -0.25) is 0 Å². The van der Waals surface area contributed by atoms with Crippen LogP contribution in [0.3, 0.4) is 0 Å². The highest BCUT2D eigenvalue weighted by Gasteiger charge is 1.88. The molecule has 0 unspecified atom stereocenters. The van der Waals surface area contributed by atoms with Crippen LogP contribution in [0, 0.1) is 0 Å². The maximum absolute atomic E-state index is 3.70. The van der Waals surface area contributed by atoms with Crippen molar-refractivity contribution in [2.75, 3.05) is 0 Å². The van der Waals surface area contributed by atoms with E-state index in [2.05, 4.69) is 27.0 Å². The molecule has 0 aromatic rings. The van der Waals surface area contributed by atoms with E-state index >= 15 is 0 Å². The predicted molar refractivity (Wildman–Crippen MR) is 43.4 cm³/mol. The monoisotopic (exact) mass is 122 g/mol. The van der Waals surface area contributed by atoms with Crippen molar-refractivity contribution in [3.05, 3.63) is 36.5 Å². The van der Waals surface area contributed by atoms with Gasteiger partial charge in [0.15, 0.2) is 0 Å². The molecule has 0 amide bonds. The Labute approximate surface area is 57.6 Å². The van der Waals surface area contributed by atoms with Gasteiger partial charge in [-0.25, -0.2) is 0 Å². The van der Waals surface area contributed by atoms with E-state index in [-0.39, 0.29) is 0 Å². The Morgan fingerprint density at radius 2 is 1.89 bits per heavy atom. The highest BCUT2D eigenvalue weighted by molar-refractivity contribution is 5.23. The molecular weight excluding hydrogens is 108 g/mol. The van der Waals surface area contributed by atoms with Crippen LogP contribution in [0.5, 0.6) is 0 Å². The highest BCUT2D eigenvalue weighted by atomic mass is 13.9. The first-order valence-electron chi connectivity index (χ1n) is 3.12. The lowest BCUT2D eigenvalue weighted by atomic mass is 10.1. The van der Waals surface area contributed by atoms with E-state index in [1.165, 1.54) is 11.1 Å². The van der Waals surface area contributed by atoms with Gasteiger partial charge in [0.2, 0.25) is 0 Å². The standard InChI is InChI=1S/C9H14/c1-5-7-9(6-2)8(3)4/h5-6H,1-2,7H2,3-4H3. The van der Waals surface area contributed by atoms with Crippen molar-refractivity contribution in [2.24, 2.45) is 0 Å². The van der Waals surface area contributed by atoms with Crippen molar-refractivity contribution in [3.8, 4) is 0 Å². The number of hydrogen-bond acceptors (Lipinski definition) is 0. The Hall–Kier alpha value is -0.780. The molecular formula is C9H14. The summed E-state index contributed by atoms with van der Waals surface area (Å²) in [5.41, 5.74) is 2.61. The van der Waals surface area contributed by atoms with Crippen LogP contribution in [0.2, 0.25) is 0 Å². The Balaban J connectivity index is 4.14. The van der Waals surface area contributed by atoms with Gasteiger partial charge in [-0.2, -0.15) is 0 Å². The summed E-state index contributed by atoms with van der Waals surface area (Å²) < 4.78 is 0. The van der Waals surface area contributed by atoms with Gasteiger partial charge in [0, 0.05) is 0 Å². The van der Waals surface area contributed by atoms with Gasteiger partial charge in [-0.15, -0.1) is 6.58 Å². The van der Waals surface area contributed by atoms with E-state index in [4.69, 9.17) is 0 Å². The third-order valence-corrected chi connectivity index (χ3v) is 1.25. The zero-order valence-corrected chi connectivity index (χ0v) is 6.28. The fourth-order valence-corrected chi connectivity index (χ4v) is 0.647. The van der Waals surface area contributed by atoms with Crippen LogP contribution in [0.4, 0.5) is 0 Å². The molecule has 0 aromatic carbocycles. The molecule has 0 aliphatic rings. The first-order valence-corrected chi connectivity index (χ1v) is 3.12. The lowest BCUT2D eigenvalue weighted by Crippen LogP contribution is -1.77. The topological polar surface area (TPSA) is 0 Å². The van der Waals surface area contributed by atoms with Crippen molar-refractivity contribution in [1.82, 2.24) is 0 Å². The molecule has 0 aliphatic carbocycles. The maximum atomic E-state index is 3.70. The second-order valence-electron chi connectivity index (χ2n) is 2.22. The third-order valence-electron chi connectivity index (χ3n) is 1.25. The minimum atomic E-state index is 0.936. The predicted octanol–water partition coefficient (Wildman–Crippen LogP) is 3.08. The van der Waals surface area contributed by atoms with E-state index in [0.717, 1.165) is 6.42 Å². The molecule has 50 valence electrons. The van der Waals surface area contributed by atoms with Gasteiger partial charge in [-0.05, 0) is 25.8 Å². The van der Waals surface area contributed by atoms with E-state index < -0.39 is 0 Å². The largest absolute Gasteiger partial charge is 0.103 e. The van der Waals surface area contributed by atoms with Gasteiger partial charge in [-0.1, -0.05) is 24.3 Å². The van der Waals surface area contributed by atoms with Crippen LogP contribution in [0.1, 0.15) is 20.3 Å². The fourth-order valence-electron chi connectivity index (χ4n) is 0.647. The van der Waals surface area contributed by atoms with Crippen molar-refractivity contribution in [2.45, 2.75) is 20.3 Å². The molecule has 0 radical (unpaired) electrons. The second kappa shape index (κ2) is 4.13. The summed E-state index contributed by atoms with van der Waals surface area (Å²) in [7, 11) is 0. The molecule has 0 spiro atoms. The Morgan fingerprint density at radius 1 is 1.33 bits per heavy atom. The van der Waals surface area contributed by atoms with Gasteiger partial charge in [0.05, 0.1) is 0 Å². The summed E-state index contributed by atoms with van der Waals surface area (Å²) in [6.45, 7) is 11.5. The van der Waals surface area contributed by atoms with Crippen LogP contribution >= 0.6 is 0 Å². The molecule has 0 atom stereocenters. The summed E-state index contributed by atoms with van der Waals surface area (Å²) in [4.78, 5) is 0. The van der Waals surface area contributed by atoms with Gasteiger partial charge < -0.3 is 0 Å². The quantitative estimate of drug-likeness (QED) is 0.398. The minimum absolute atomic E-state index is 0.936. The number of hydrogen-bond donors (Lipinski definition) is 0. The second-order valence-corrected chi connectivity index (χ2v) is 2.22. The van der Waals surface area contributed by atoms with Crippen molar-refractivity contribution >= 4 is 0 Å². The summed E-state index contributed by atoms with van der Waals surface area (Å²) >= 11 is 0. The molecule has 0 nitrogen and oxygen atoms in total. The van der Waals surface area contributed by atoms with E-state index in [9.17, 15) is 0 Å². The average molecular weight is 122 g/mol. The minimum Gasteiger partial charge on any atom is -0.103 e. The van der Waals surface area contributed by atoms with Gasteiger partial charge in [0.1, 0.15) is 0 Å². The van der Waals surface area contributed by atoms with Crippen LogP contribution in [0.25, 0.3) is 0 Å². The SMILES string of the molecule is C=CCC(C=C)=C(C)C. The fraction of sp³-hybridized carbons (Fsp3) is 0.333. The Morgan fingerprint density at radius 3 is 2.00 bits per heavy atom. The van der Waals surface area contributed by atoms with Crippen LogP contribution in [-0.2, 0) is 0 Å². The smallest absolute Gasteiger partial charge is 0.0101 e. The van der Waals surface area contributed by atoms with Crippen LogP contribution in [0.15, 0.2) is 36.5 Å². The molecule has 0 aliphatic heterocycles. The molecule has 0 heterocycles. The lowest BCUT2D eigenvalue weighted by Gasteiger charge is -1.97. The molecule has 0 fully saturated rings. The van der Waals surface area contributed by atoms with Gasteiger partial charge in [0.25, 0.3) is 0 Å². The highest BCUT2D eigenvalue weighted by Crippen LogP contribution is 2.08. The van der Waals surface area contributed by atoms with E-state index in [1.54, 1.807) is 0 Å². The normalized spacial score (nSPS) is 8.22. The maximum Gasteiger partial charge on any atom is -0.0101 e. The van der Waals surface area contributed by atoms with E-state index in [0.29, 0.717) is 0 Å². The summed E-state index contributed by atoms with van der Waals surface area (Å²) in [5, 5.41) is 0. The molecule has 0 saturated carbocycles. The zero-order valence-electron chi connectivity index (χ0n) is 6.28. The molecule has 0 aromatic heterocycles. The zero-order chi connectivity index (χ0) is 7.28. The third kappa shape index (κ3) is 2.91. The molecule has 0 bridgehead atoms. The molecule has 0 heteroatoms. The first-order chi connectivity index (χ1) is 4.22. The van der Waals surface area contributed by atoms with Crippen molar-refractivity contribution in [1.29, 1.82) is 0 Å². The Bertz CT molecular complexity index is 134. The van der Waals surface area contributed by atoms with Crippen LogP contribution in [-0.4, -0.2) is 0 Å². The Kier molecular flexibility index (Phi) is 3.78. The summed E-state index contributed by atoms with van der Waals surface area (Å²) in [5.74, 6) is 0. The molecule has 0 saturated heterocycles. The van der Waals surface area contributed by atoms with Gasteiger partial charge >= 0.3 is 0 Å². The number of rotatable bonds is 3. The summed E-state index contributed by atoms with van der Waals surface area (Å²) in [6.07, 6.45) is 4.72. The van der Waals surface area contributed by atoms with Crippen LogP contribution < -0.4 is 0 Å². The van der Waals surface area contributed by atoms with Crippen molar-refractivity contribution < 1.29 is 0 Å².